The van der Waals surface area contributed by atoms with Gasteiger partial charge in [0.2, 0.25) is 0 Å². The van der Waals surface area contributed by atoms with E-state index in [2.05, 4.69) is 15.9 Å². The number of nitro groups is 1. The first-order valence-electron chi connectivity index (χ1n) is 6.42. The molecule has 0 N–H and O–H groups in total. The summed E-state index contributed by atoms with van der Waals surface area (Å²) in [6.45, 7) is 1.52. The summed E-state index contributed by atoms with van der Waals surface area (Å²) in [5.74, 6) is 0.385. The number of halogens is 1. The number of piperidine rings is 1. The maximum absolute atomic E-state index is 11.9. The van der Waals surface area contributed by atoms with Crippen LogP contribution < -0.4 is 4.74 Å². The largest absolute Gasteiger partial charge is 0.483 e. The lowest BCUT2D eigenvalue weighted by Gasteiger charge is -2.26. The minimum atomic E-state index is -0.479. The van der Waals surface area contributed by atoms with Crippen molar-refractivity contribution in [2.75, 3.05) is 19.7 Å². The topological polar surface area (TPSA) is 72.7 Å². The normalized spacial score (nSPS) is 14.9. The van der Waals surface area contributed by atoms with Crippen LogP contribution in [-0.4, -0.2) is 35.4 Å². The number of ether oxygens (including phenoxy) is 1. The number of nitro benzene ring substituents is 1. The van der Waals surface area contributed by atoms with E-state index in [1.54, 1.807) is 4.90 Å². The molecule has 1 aliphatic rings. The number of rotatable bonds is 4. The summed E-state index contributed by atoms with van der Waals surface area (Å²) in [7, 11) is 0. The molecule has 0 radical (unpaired) electrons. The van der Waals surface area contributed by atoms with Crippen LogP contribution in [0.5, 0.6) is 5.75 Å². The molecule has 20 heavy (non-hydrogen) atoms. The fraction of sp³-hybridized carbons (Fsp3) is 0.462. The quantitative estimate of drug-likeness (QED) is 0.622. The zero-order valence-electron chi connectivity index (χ0n) is 10.9. The molecular formula is C13H15BrN2O4. The lowest BCUT2D eigenvalue weighted by atomic mass is 10.1. The second-order valence-electron chi connectivity index (χ2n) is 4.60. The van der Waals surface area contributed by atoms with Gasteiger partial charge in [-0.1, -0.05) is 0 Å². The monoisotopic (exact) mass is 342 g/mol. The minimum Gasteiger partial charge on any atom is -0.483 e. The summed E-state index contributed by atoms with van der Waals surface area (Å²) >= 11 is 3.21. The van der Waals surface area contributed by atoms with Crippen LogP contribution in [0.3, 0.4) is 0 Å². The SMILES string of the molecule is O=C(COc1ccc([N+](=O)[O-])cc1Br)N1CCCCC1. The number of nitrogens with zero attached hydrogens (tertiary/aromatic N) is 2. The summed E-state index contributed by atoms with van der Waals surface area (Å²) in [4.78, 5) is 23.9. The number of amides is 1. The van der Waals surface area contributed by atoms with Crippen LogP contribution in [0.4, 0.5) is 5.69 Å². The third kappa shape index (κ3) is 3.69. The molecule has 1 aromatic rings. The van der Waals surface area contributed by atoms with Crippen LogP contribution in [0.15, 0.2) is 22.7 Å². The number of carbonyl (C=O) groups is 1. The Bertz CT molecular complexity index is 515. The van der Waals surface area contributed by atoms with E-state index in [1.807, 2.05) is 0 Å². The van der Waals surface area contributed by atoms with Crippen molar-refractivity contribution in [1.29, 1.82) is 0 Å². The van der Waals surface area contributed by atoms with Gasteiger partial charge in [0.15, 0.2) is 6.61 Å². The molecule has 1 amide bonds. The predicted molar refractivity (Wildman–Crippen MR) is 76.7 cm³/mol. The van der Waals surface area contributed by atoms with E-state index in [4.69, 9.17) is 4.74 Å². The van der Waals surface area contributed by atoms with Gasteiger partial charge in [0, 0.05) is 25.2 Å². The lowest BCUT2D eigenvalue weighted by molar-refractivity contribution is -0.384. The van der Waals surface area contributed by atoms with Crippen LogP contribution in [0, 0.1) is 10.1 Å². The first-order valence-corrected chi connectivity index (χ1v) is 7.22. The van der Waals surface area contributed by atoms with Gasteiger partial charge in [-0.3, -0.25) is 14.9 Å². The van der Waals surface area contributed by atoms with E-state index in [9.17, 15) is 14.9 Å². The van der Waals surface area contributed by atoms with Gasteiger partial charge in [-0.15, -0.1) is 0 Å². The molecule has 0 spiro atoms. The molecule has 1 saturated heterocycles. The molecular weight excluding hydrogens is 328 g/mol. The highest BCUT2D eigenvalue weighted by Crippen LogP contribution is 2.29. The molecule has 1 aliphatic heterocycles. The zero-order chi connectivity index (χ0) is 14.5. The Morgan fingerprint density at radius 2 is 2.05 bits per heavy atom. The Labute approximate surface area is 125 Å². The Balaban J connectivity index is 1.93. The molecule has 0 aromatic heterocycles. The molecule has 0 atom stereocenters. The van der Waals surface area contributed by atoms with Crippen molar-refractivity contribution in [1.82, 2.24) is 4.90 Å². The lowest BCUT2D eigenvalue weighted by Crippen LogP contribution is -2.38. The third-order valence-electron chi connectivity index (χ3n) is 3.19. The van der Waals surface area contributed by atoms with E-state index in [1.165, 1.54) is 24.6 Å². The highest BCUT2D eigenvalue weighted by molar-refractivity contribution is 9.10. The average molecular weight is 343 g/mol. The molecule has 6 nitrogen and oxygen atoms in total. The first-order chi connectivity index (χ1) is 9.58. The number of likely N-dealkylation sites (tertiary alicyclic amines) is 1. The van der Waals surface area contributed by atoms with Crippen molar-refractivity contribution >= 4 is 27.5 Å². The Morgan fingerprint density at radius 3 is 2.65 bits per heavy atom. The number of hydrogen-bond acceptors (Lipinski definition) is 4. The highest BCUT2D eigenvalue weighted by Gasteiger charge is 2.17. The van der Waals surface area contributed by atoms with Crippen LogP contribution in [0.25, 0.3) is 0 Å². The van der Waals surface area contributed by atoms with Crippen LogP contribution in [0.1, 0.15) is 19.3 Å². The Kier molecular flexibility index (Phi) is 4.94. The summed E-state index contributed by atoms with van der Waals surface area (Å²) < 4.78 is 5.90. The van der Waals surface area contributed by atoms with Crippen molar-refractivity contribution in [3.63, 3.8) is 0 Å². The van der Waals surface area contributed by atoms with Gasteiger partial charge in [-0.25, -0.2) is 0 Å². The number of carbonyl (C=O) groups excluding carboxylic acids is 1. The molecule has 1 fully saturated rings. The summed E-state index contributed by atoms with van der Waals surface area (Å²) in [5, 5.41) is 10.6. The molecule has 1 aromatic carbocycles. The van der Waals surface area contributed by atoms with Gasteiger partial charge in [0.25, 0.3) is 11.6 Å². The molecule has 1 heterocycles. The fourth-order valence-corrected chi connectivity index (χ4v) is 2.58. The van der Waals surface area contributed by atoms with Crippen LogP contribution in [-0.2, 0) is 4.79 Å². The van der Waals surface area contributed by atoms with Crippen molar-refractivity contribution < 1.29 is 14.5 Å². The summed E-state index contributed by atoms with van der Waals surface area (Å²) in [6, 6.07) is 4.21. The molecule has 108 valence electrons. The van der Waals surface area contributed by atoms with Crippen LogP contribution in [0.2, 0.25) is 0 Å². The van der Waals surface area contributed by atoms with Gasteiger partial charge in [-0.05, 0) is 41.3 Å². The molecule has 7 heteroatoms. The van der Waals surface area contributed by atoms with E-state index in [0.717, 1.165) is 25.9 Å². The second kappa shape index (κ2) is 6.69. The number of benzene rings is 1. The van der Waals surface area contributed by atoms with Crippen LogP contribution >= 0.6 is 15.9 Å². The summed E-state index contributed by atoms with van der Waals surface area (Å²) in [6.07, 6.45) is 3.23. The van der Waals surface area contributed by atoms with E-state index >= 15 is 0 Å². The summed E-state index contributed by atoms with van der Waals surface area (Å²) in [5.41, 5.74) is -0.0217. The minimum absolute atomic E-state index is 0.0217. The standard InChI is InChI=1S/C13H15BrN2O4/c14-11-8-10(16(18)19)4-5-12(11)20-9-13(17)15-6-2-1-3-7-15/h4-5,8H,1-3,6-7,9H2. The van der Waals surface area contributed by atoms with Crippen molar-refractivity contribution in [2.45, 2.75) is 19.3 Å². The third-order valence-corrected chi connectivity index (χ3v) is 3.81. The maximum atomic E-state index is 11.9. The van der Waals surface area contributed by atoms with E-state index < -0.39 is 4.92 Å². The van der Waals surface area contributed by atoms with Crippen molar-refractivity contribution in [3.05, 3.63) is 32.8 Å². The molecule has 2 rings (SSSR count). The highest BCUT2D eigenvalue weighted by atomic mass is 79.9. The second-order valence-corrected chi connectivity index (χ2v) is 5.46. The Hall–Kier alpha value is -1.63. The molecule has 0 aliphatic carbocycles. The zero-order valence-corrected chi connectivity index (χ0v) is 12.5. The number of non-ortho nitro benzene ring substituents is 1. The fourth-order valence-electron chi connectivity index (χ4n) is 2.09. The van der Waals surface area contributed by atoms with Gasteiger partial charge >= 0.3 is 0 Å². The van der Waals surface area contributed by atoms with Gasteiger partial charge in [0.1, 0.15) is 5.75 Å². The first kappa shape index (κ1) is 14.8. The van der Waals surface area contributed by atoms with Gasteiger partial charge in [0.05, 0.1) is 9.40 Å². The van der Waals surface area contributed by atoms with Gasteiger partial charge in [-0.2, -0.15) is 0 Å². The molecule has 0 unspecified atom stereocenters. The number of hydrogen-bond donors (Lipinski definition) is 0. The molecule has 0 bridgehead atoms. The van der Waals surface area contributed by atoms with E-state index in [-0.39, 0.29) is 18.2 Å². The van der Waals surface area contributed by atoms with Crippen molar-refractivity contribution in [3.8, 4) is 5.75 Å². The molecule has 0 saturated carbocycles. The average Bonchev–Trinajstić information content (AvgIpc) is 2.46. The smallest absolute Gasteiger partial charge is 0.270 e. The Morgan fingerprint density at radius 1 is 1.35 bits per heavy atom. The van der Waals surface area contributed by atoms with E-state index in [0.29, 0.717) is 10.2 Å². The van der Waals surface area contributed by atoms with Crippen molar-refractivity contribution in [2.24, 2.45) is 0 Å². The predicted octanol–water partition coefficient (Wildman–Crippen LogP) is 2.75. The maximum Gasteiger partial charge on any atom is 0.270 e. The van der Waals surface area contributed by atoms with Gasteiger partial charge < -0.3 is 9.64 Å².